The first-order valence-electron chi connectivity index (χ1n) is 6.29. The molecule has 2 aromatic rings. The summed E-state index contributed by atoms with van der Waals surface area (Å²) in [5, 5.41) is 7.45. The van der Waals surface area contributed by atoms with Crippen LogP contribution in [0.3, 0.4) is 0 Å². The highest BCUT2D eigenvalue weighted by molar-refractivity contribution is 5.99. The zero-order valence-corrected chi connectivity index (χ0v) is 10.2. The van der Waals surface area contributed by atoms with E-state index in [1.165, 1.54) is 6.33 Å². The molecule has 2 aliphatic rings. The number of aromatic nitrogens is 3. The van der Waals surface area contributed by atoms with Gasteiger partial charge in [-0.25, -0.2) is 4.68 Å². The van der Waals surface area contributed by atoms with Crippen LogP contribution < -0.4 is 5.32 Å². The van der Waals surface area contributed by atoms with E-state index < -0.39 is 0 Å². The van der Waals surface area contributed by atoms with Crippen molar-refractivity contribution >= 4 is 11.7 Å². The van der Waals surface area contributed by atoms with Crippen molar-refractivity contribution in [3.63, 3.8) is 0 Å². The summed E-state index contributed by atoms with van der Waals surface area (Å²) in [5.41, 5.74) is 2.70. The topological polar surface area (TPSA) is 73.0 Å². The van der Waals surface area contributed by atoms with Crippen molar-refractivity contribution in [1.82, 2.24) is 14.8 Å². The van der Waals surface area contributed by atoms with E-state index in [0.29, 0.717) is 12.4 Å². The van der Waals surface area contributed by atoms with Crippen LogP contribution in [0.25, 0.3) is 0 Å². The van der Waals surface area contributed by atoms with Crippen LogP contribution in [0.15, 0.2) is 40.6 Å². The van der Waals surface area contributed by atoms with Crippen molar-refractivity contribution in [1.29, 1.82) is 0 Å². The minimum atomic E-state index is -0.222. The van der Waals surface area contributed by atoms with Gasteiger partial charge in [-0.3, -0.25) is 4.79 Å². The second-order valence-corrected chi connectivity index (χ2v) is 4.78. The van der Waals surface area contributed by atoms with Crippen molar-refractivity contribution in [2.24, 2.45) is 0 Å². The minimum absolute atomic E-state index is 0.182. The highest BCUT2D eigenvalue weighted by atomic mass is 16.3. The first-order chi connectivity index (χ1) is 9.34. The van der Waals surface area contributed by atoms with E-state index >= 15 is 0 Å². The Bertz CT molecular complexity index is 669. The normalized spacial score (nSPS) is 21.9. The van der Waals surface area contributed by atoms with Crippen LogP contribution in [-0.4, -0.2) is 20.5 Å². The monoisotopic (exact) mass is 256 g/mol. The van der Waals surface area contributed by atoms with Gasteiger partial charge < -0.3 is 9.73 Å². The highest BCUT2D eigenvalue weighted by Crippen LogP contribution is 2.39. The van der Waals surface area contributed by atoms with Crippen molar-refractivity contribution in [2.45, 2.75) is 25.3 Å². The lowest BCUT2D eigenvalue weighted by Crippen LogP contribution is -2.31. The number of hydrogen-bond donors (Lipinski definition) is 1. The number of fused-ring (bicyclic) bond motifs is 1. The molecule has 0 unspecified atom stereocenters. The molecule has 2 aromatic heterocycles. The number of anilines is 1. The number of nitrogens with one attached hydrogen (secondary N) is 1. The molecule has 6 nitrogen and oxygen atoms in total. The van der Waals surface area contributed by atoms with Gasteiger partial charge in [-0.2, -0.15) is 10.1 Å². The molecule has 0 fully saturated rings. The van der Waals surface area contributed by atoms with E-state index in [2.05, 4.69) is 15.4 Å². The Morgan fingerprint density at radius 1 is 1.42 bits per heavy atom. The summed E-state index contributed by atoms with van der Waals surface area (Å²) in [6.07, 6.45) is 7.13. The maximum Gasteiger partial charge on any atom is 0.226 e. The third-order valence-corrected chi connectivity index (χ3v) is 3.67. The first kappa shape index (κ1) is 10.5. The number of allylic oxidation sites excluding steroid dienone is 2. The number of nitrogens with zero attached hydrogens (tertiary/aromatic N) is 3. The number of carbonyl (C=O) groups excluding carboxylic acids is 1. The van der Waals surface area contributed by atoms with Crippen LogP contribution in [-0.2, 0) is 4.79 Å². The van der Waals surface area contributed by atoms with Gasteiger partial charge in [0, 0.05) is 23.3 Å². The number of hydrogen-bond acceptors (Lipinski definition) is 5. The van der Waals surface area contributed by atoms with Gasteiger partial charge in [-0.05, 0) is 18.9 Å². The molecule has 19 heavy (non-hydrogen) atoms. The minimum Gasteiger partial charge on any atom is -0.472 e. The quantitative estimate of drug-likeness (QED) is 0.843. The van der Waals surface area contributed by atoms with Crippen LogP contribution in [0, 0.1) is 0 Å². The average molecular weight is 256 g/mol. The fraction of sp³-hybridized carbons (Fsp3) is 0.308. The summed E-state index contributed by atoms with van der Waals surface area (Å²) in [7, 11) is 0. The number of carbonyl (C=O) groups is 1. The third-order valence-electron chi connectivity index (χ3n) is 3.67. The van der Waals surface area contributed by atoms with E-state index in [1.807, 2.05) is 6.07 Å². The summed E-state index contributed by atoms with van der Waals surface area (Å²) in [5.74, 6) is 0.862. The van der Waals surface area contributed by atoms with Gasteiger partial charge in [0.05, 0.1) is 12.5 Å². The fourth-order valence-corrected chi connectivity index (χ4v) is 2.83. The zero-order chi connectivity index (χ0) is 12.8. The van der Waals surface area contributed by atoms with E-state index in [9.17, 15) is 4.79 Å². The van der Waals surface area contributed by atoms with Crippen molar-refractivity contribution in [3.05, 3.63) is 41.8 Å². The summed E-state index contributed by atoms with van der Waals surface area (Å²) in [6.45, 7) is 0. The number of furan rings is 1. The number of rotatable bonds is 1. The summed E-state index contributed by atoms with van der Waals surface area (Å²) in [6, 6.07) is 1.65. The van der Waals surface area contributed by atoms with Crippen LogP contribution in [0.2, 0.25) is 0 Å². The van der Waals surface area contributed by atoms with Crippen LogP contribution in [0.5, 0.6) is 0 Å². The SMILES string of the molecule is O=C1CCCC2=C1[C@H](c1ccoc1)n1ncnc1N2. The van der Waals surface area contributed by atoms with Crippen LogP contribution >= 0.6 is 0 Å². The van der Waals surface area contributed by atoms with Crippen LogP contribution in [0.4, 0.5) is 5.95 Å². The fourth-order valence-electron chi connectivity index (χ4n) is 2.83. The van der Waals surface area contributed by atoms with Gasteiger partial charge >= 0.3 is 0 Å². The van der Waals surface area contributed by atoms with Gasteiger partial charge in [-0.15, -0.1) is 0 Å². The molecule has 0 bridgehead atoms. The Morgan fingerprint density at radius 3 is 3.21 bits per heavy atom. The Hall–Kier alpha value is -2.37. The molecule has 96 valence electrons. The standard InChI is InChI=1S/C13H12N4O2/c18-10-3-1-2-9-11(10)12(8-4-5-19-6-8)17-13(16-9)14-7-15-17/h4-7,12H,1-3H2,(H,14,15,16)/t12-/m0/s1. The summed E-state index contributed by atoms with van der Waals surface area (Å²) < 4.78 is 6.90. The largest absolute Gasteiger partial charge is 0.472 e. The van der Waals surface area contributed by atoms with Gasteiger partial charge in [0.1, 0.15) is 12.4 Å². The molecule has 6 heteroatoms. The lowest BCUT2D eigenvalue weighted by molar-refractivity contribution is -0.116. The molecule has 1 aliphatic carbocycles. The van der Waals surface area contributed by atoms with E-state index in [1.54, 1.807) is 17.2 Å². The van der Waals surface area contributed by atoms with Crippen molar-refractivity contribution in [3.8, 4) is 0 Å². The molecule has 4 rings (SSSR count). The smallest absolute Gasteiger partial charge is 0.226 e. The molecule has 0 spiro atoms. The Kier molecular flexibility index (Phi) is 2.11. The first-order valence-corrected chi connectivity index (χ1v) is 6.29. The predicted octanol–water partition coefficient (Wildman–Crippen LogP) is 1.89. The molecule has 0 saturated heterocycles. The average Bonchev–Trinajstić information content (AvgIpc) is 3.07. The van der Waals surface area contributed by atoms with Gasteiger partial charge in [0.25, 0.3) is 0 Å². The molecule has 0 aromatic carbocycles. The van der Waals surface area contributed by atoms with E-state index in [4.69, 9.17) is 4.42 Å². The molecule has 1 atom stereocenters. The van der Waals surface area contributed by atoms with Crippen LogP contribution in [0.1, 0.15) is 30.9 Å². The Morgan fingerprint density at radius 2 is 2.37 bits per heavy atom. The maximum absolute atomic E-state index is 12.3. The molecular weight excluding hydrogens is 244 g/mol. The second-order valence-electron chi connectivity index (χ2n) is 4.78. The maximum atomic E-state index is 12.3. The van der Waals surface area contributed by atoms with Gasteiger partial charge in [0.15, 0.2) is 5.78 Å². The zero-order valence-electron chi connectivity index (χ0n) is 10.2. The molecule has 0 amide bonds. The number of ketones is 1. The molecule has 0 saturated carbocycles. The molecular formula is C13H12N4O2. The molecule has 1 aliphatic heterocycles. The molecule has 1 N–H and O–H groups in total. The predicted molar refractivity (Wildman–Crippen MR) is 66.4 cm³/mol. The van der Waals surface area contributed by atoms with Gasteiger partial charge in [0.2, 0.25) is 5.95 Å². The third kappa shape index (κ3) is 1.46. The lowest BCUT2D eigenvalue weighted by Gasteiger charge is -2.31. The Balaban J connectivity index is 1.93. The molecule has 3 heterocycles. The number of Topliss-reactive ketones (excluding diaryl/α,β-unsaturated/α-hetero) is 1. The van der Waals surface area contributed by atoms with Crippen molar-refractivity contribution < 1.29 is 9.21 Å². The van der Waals surface area contributed by atoms with E-state index in [-0.39, 0.29) is 11.8 Å². The lowest BCUT2D eigenvalue weighted by atomic mass is 9.86. The van der Waals surface area contributed by atoms with E-state index in [0.717, 1.165) is 29.7 Å². The summed E-state index contributed by atoms with van der Waals surface area (Å²) in [4.78, 5) is 16.5. The molecule has 0 radical (unpaired) electrons. The Labute approximate surface area is 109 Å². The highest BCUT2D eigenvalue weighted by Gasteiger charge is 2.36. The summed E-state index contributed by atoms with van der Waals surface area (Å²) >= 11 is 0. The second kappa shape index (κ2) is 3.81. The van der Waals surface area contributed by atoms with Gasteiger partial charge in [-0.1, -0.05) is 0 Å². The van der Waals surface area contributed by atoms with Crippen molar-refractivity contribution in [2.75, 3.05) is 5.32 Å².